The van der Waals surface area contributed by atoms with Gasteiger partial charge in [0.05, 0.1) is 0 Å². The Morgan fingerprint density at radius 1 is 1.04 bits per heavy atom. The van der Waals surface area contributed by atoms with E-state index in [4.69, 9.17) is 9.47 Å². The van der Waals surface area contributed by atoms with Crippen LogP contribution in [0.15, 0.2) is 42.5 Å². The van der Waals surface area contributed by atoms with E-state index in [1.807, 2.05) is 36.4 Å². The van der Waals surface area contributed by atoms with Crippen LogP contribution in [0.4, 0.5) is 0 Å². The Morgan fingerprint density at radius 2 is 1.79 bits per heavy atom. The van der Waals surface area contributed by atoms with Gasteiger partial charge in [0.25, 0.3) is 5.91 Å². The first-order valence-electron chi connectivity index (χ1n) is 8.08. The minimum Gasteiger partial charge on any atom is -0.482 e. The van der Waals surface area contributed by atoms with Gasteiger partial charge in [0.1, 0.15) is 5.75 Å². The van der Waals surface area contributed by atoms with Crippen molar-refractivity contribution in [1.29, 1.82) is 0 Å². The second kappa shape index (κ2) is 8.91. The maximum absolute atomic E-state index is 11.6. The summed E-state index contributed by atoms with van der Waals surface area (Å²) in [5, 5.41) is 4.84. The molecule has 0 aliphatic heterocycles. The highest BCUT2D eigenvalue weighted by atomic mass is 16.6. The van der Waals surface area contributed by atoms with Crippen LogP contribution in [0.1, 0.15) is 20.3 Å². The van der Waals surface area contributed by atoms with E-state index in [0.29, 0.717) is 18.2 Å². The smallest absolute Gasteiger partial charge is 0.344 e. The molecule has 0 saturated carbocycles. The average Bonchev–Trinajstić information content (AvgIpc) is 2.57. The lowest BCUT2D eigenvalue weighted by atomic mass is 10.1. The van der Waals surface area contributed by atoms with Crippen LogP contribution in [-0.4, -0.2) is 31.6 Å². The highest BCUT2D eigenvalue weighted by Crippen LogP contribution is 2.20. The highest BCUT2D eigenvalue weighted by Gasteiger charge is 2.08. The van der Waals surface area contributed by atoms with Gasteiger partial charge >= 0.3 is 5.97 Å². The van der Waals surface area contributed by atoms with Crippen molar-refractivity contribution >= 4 is 22.6 Å². The van der Waals surface area contributed by atoms with Crippen LogP contribution in [0.5, 0.6) is 5.75 Å². The van der Waals surface area contributed by atoms with Gasteiger partial charge < -0.3 is 14.8 Å². The first-order chi connectivity index (χ1) is 11.5. The number of ether oxygens (including phenoxy) is 2. The lowest BCUT2D eigenvalue weighted by Gasteiger charge is -2.09. The van der Waals surface area contributed by atoms with Gasteiger partial charge in [0, 0.05) is 6.54 Å². The highest BCUT2D eigenvalue weighted by molar-refractivity contribution is 5.84. The molecule has 1 amide bonds. The number of rotatable bonds is 8. The zero-order chi connectivity index (χ0) is 17.4. The van der Waals surface area contributed by atoms with E-state index in [1.165, 1.54) is 0 Å². The van der Waals surface area contributed by atoms with Gasteiger partial charge in [-0.2, -0.15) is 0 Å². The fourth-order valence-electron chi connectivity index (χ4n) is 2.14. The third kappa shape index (κ3) is 5.91. The zero-order valence-electron chi connectivity index (χ0n) is 14.1. The molecule has 0 aromatic heterocycles. The Hall–Kier alpha value is -2.56. The van der Waals surface area contributed by atoms with Crippen molar-refractivity contribution in [3.63, 3.8) is 0 Å². The fraction of sp³-hybridized carbons (Fsp3) is 0.368. The summed E-state index contributed by atoms with van der Waals surface area (Å²) < 4.78 is 10.3. The van der Waals surface area contributed by atoms with Gasteiger partial charge in [0.15, 0.2) is 13.2 Å². The number of hydrogen-bond donors (Lipinski definition) is 1. The Morgan fingerprint density at radius 3 is 2.54 bits per heavy atom. The van der Waals surface area contributed by atoms with Crippen molar-refractivity contribution < 1.29 is 19.1 Å². The minimum absolute atomic E-state index is 0.225. The SMILES string of the molecule is CC(C)CCNC(=O)COC(=O)COc1ccc2ccccc2c1. The van der Waals surface area contributed by atoms with E-state index in [1.54, 1.807) is 6.07 Å². The predicted molar refractivity (Wildman–Crippen MR) is 92.9 cm³/mol. The van der Waals surface area contributed by atoms with Crippen LogP contribution in [0.3, 0.4) is 0 Å². The van der Waals surface area contributed by atoms with Crippen LogP contribution in [0, 0.1) is 5.92 Å². The van der Waals surface area contributed by atoms with Crippen LogP contribution in [0.25, 0.3) is 10.8 Å². The molecule has 0 bridgehead atoms. The van der Waals surface area contributed by atoms with E-state index in [9.17, 15) is 9.59 Å². The van der Waals surface area contributed by atoms with E-state index in [-0.39, 0.29) is 19.1 Å². The standard InChI is InChI=1S/C19H23NO4/c1-14(2)9-10-20-18(21)12-24-19(22)13-23-17-8-7-15-5-3-4-6-16(15)11-17/h3-8,11,14H,9-10,12-13H2,1-2H3,(H,20,21). The number of amides is 1. The summed E-state index contributed by atoms with van der Waals surface area (Å²) in [4.78, 5) is 23.2. The van der Waals surface area contributed by atoms with Gasteiger partial charge in [-0.3, -0.25) is 4.79 Å². The van der Waals surface area contributed by atoms with Crippen molar-refractivity contribution in [3.8, 4) is 5.75 Å². The Bertz CT molecular complexity index is 697. The second-order valence-corrected chi connectivity index (χ2v) is 5.99. The molecule has 5 heteroatoms. The predicted octanol–water partition coefficient (Wildman–Crippen LogP) is 2.92. The van der Waals surface area contributed by atoms with E-state index in [0.717, 1.165) is 17.2 Å². The molecule has 2 aromatic carbocycles. The molecule has 0 radical (unpaired) electrons. The van der Waals surface area contributed by atoms with Crippen molar-refractivity contribution in [3.05, 3.63) is 42.5 Å². The van der Waals surface area contributed by atoms with Crippen molar-refractivity contribution in [2.24, 2.45) is 5.92 Å². The van der Waals surface area contributed by atoms with Crippen molar-refractivity contribution in [1.82, 2.24) is 5.32 Å². The Labute approximate surface area is 141 Å². The number of carbonyl (C=O) groups is 2. The van der Waals surface area contributed by atoms with Gasteiger partial charge in [0.2, 0.25) is 0 Å². The quantitative estimate of drug-likeness (QED) is 0.756. The molecular weight excluding hydrogens is 306 g/mol. The average molecular weight is 329 g/mol. The summed E-state index contributed by atoms with van der Waals surface area (Å²) in [6.45, 7) is 4.24. The van der Waals surface area contributed by atoms with Gasteiger partial charge in [-0.05, 0) is 35.2 Å². The monoisotopic (exact) mass is 329 g/mol. The van der Waals surface area contributed by atoms with E-state index < -0.39 is 5.97 Å². The topological polar surface area (TPSA) is 64.6 Å². The number of hydrogen-bond acceptors (Lipinski definition) is 4. The summed E-state index contributed by atoms with van der Waals surface area (Å²) in [6.07, 6.45) is 0.894. The van der Waals surface area contributed by atoms with Gasteiger partial charge in [-0.1, -0.05) is 44.2 Å². The molecule has 0 spiro atoms. The third-order valence-corrected chi connectivity index (χ3v) is 3.49. The molecule has 2 aromatic rings. The van der Waals surface area contributed by atoms with Crippen molar-refractivity contribution in [2.75, 3.05) is 19.8 Å². The molecule has 0 unspecified atom stereocenters. The molecular formula is C19H23NO4. The summed E-state index contributed by atoms with van der Waals surface area (Å²) in [5.74, 6) is 0.243. The normalized spacial score (nSPS) is 10.6. The Kier molecular flexibility index (Phi) is 6.61. The molecule has 5 nitrogen and oxygen atoms in total. The maximum atomic E-state index is 11.6. The third-order valence-electron chi connectivity index (χ3n) is 3.49. The zero-order valence-corrected chi connectivity index (χ0v) is 14.1. The molecule has 0 atom stereocenters. The minimum atomic E-state index is -0.567. The summed E-state index contributed by atoms with van der Waals surface area (Å²) in [5.41, 5.74) is 0. The molecule has 0 aliphatic carbocycles. The number of benzene rings is 2. The lowest BCUT2D eigenvalue weighted by molar-refractivity contribution is -0.150. The van der Waals surface area contributed by atoms with Crippen LogP contribution in [-0.2, 0) is 14.3 Å². The lowest BCUT2D eigenvalue weighted by Crippen LogP contribution is -2.31. The molecule has 24 heavy (non-hydrogen) atoms. The van der Waals surface area contributed by atoms with Crippen LogP contribution < -0.4 is 10.1 Å². The molecule has 2 rings (SSSR count). The summed E-state index contributed by atoms with van der Waals surface area (Å²) >= 11 is 0. The molecule has 0 fully saturated rings. The largest absolute Gasteiger partial charge is 0.482 e. The molecule has 128 valence electrons. The number of fused-ring (bicyclic) bond motifs is 1. The Balaban J connectivity index is 1.71. The molecule has 0 heterocycles. The van der Waals surface area contributed by atoms with E-state index in [2.05, 4.69) is 19.2 Å². The number of esters is 1. The van der Waals surface area contributed by atoms with Gasteiger partial charge in [-0.25, -0.2) is 4.79 Å². The van der Waals surface area contributed by atoms with E-state index >= 15 is 0 Å². The first kappa shape index (κ1) is 17.8. The molecule has 0 saturated heterocycles. The molecule has 1 N–H and O–H groups in total. The van der Waals surface area contributed by atoms with Gasteiger partial charge in [-0.15, -0.1) is 0 Å². The van der Waals surface area contributed by atoms with Crippen LogP contribution >= 0.6 is 0 Å². The summed E-state index contributed by atoms with van der Waals surface area (Å²) in [6, 6.07) is 13.5. The summed E-state index contributed by atoms with van der Waals surface area (Å²) in [7, 11) is 0. The van der Waals surface area contributed by atoms with Crippen molar-refractivity contribution in [2.45, 2.75) is 20.3 Å². The first-order valence-corrected chi connectivity index (χ1v) is 8.08. The molecule has 0 aliphatic rings. The maximum Gasteiger partial charge on any atom is 0.344 e. The fourth-order valence-corrected chi connectivity index (χ4v) is 2.14. The number of nitrogens with one attached hydrogen (secondary N) is 1. The second-order valence-electron chi connectivity index (χ2n) is 5.99. The van der Waals surface area contributed by atoms with Crippen LogP contribution in [0.2, 0.25) is 0 Å². The number of carbonyl (C=O) groups excluding carboxylic acids is 2.